The van der Waals surface area contributed by atoms with Crippen LogP contribution in [0, 0.1) is 0 Å². The van der Waals surface area contributed by atoms with Crippen molar-refractivity contribution in [2.45, 2.75) is 17.9 Å². The first-order valence-electron chi connectivity index (χ1n) is 9.99. The number of fused-ring (bicyclic) bond motifs is 1. The molecule has 1 aliphatic rings. The van der Waals surface area contributed by atoms with E-state index in [0.717, 1.165) is 17.7 Å². The number of carbonyl (C=O) groups excluding carboxylic acids is 1. The van der Waals surface area contributed by atoms with Crippen LogP contribution in [0.1, 0.15) is 21.5 Å². The predicted molar refractivity (Wildman–Crippen MR) is 120 cm³/mol. The summed E-state index contributed by atoms with van der Waals surface area (Å²) in [6.45, 7) is 0.873. The molecule has 1 amide bonds. The van der Waals surface area contributed by atoms with E-state index < -0.39 is 10.0 Å². The highest BCUT2D eigenvalue weighted by Crippen LogP contribution is 2.29. The Hall–Kier alpha value is -3.16. The first-order valence-corrected chi connectivity index (χ1v) is 11.4. The molecule has 0 fully saturated rings. The third-order valence-corrected chi connectivity index (χ3v) is 7.32. The van der Waals surface area contributed by atoms with Crippen molar-refractivity contribution in [2.75, 3.05) is 25.6 Å². The lowest BCUT2D eigenvalue weighted by Crippen LogP contribution is -2.29. The number of anilines is 1. The zero-order chi connectivity index (χ0) is 22.0. The van der Waals surface area contributed by atoms with Gasteiger partial charge in [0.25, 0.3) is 5.91 Å². The summed E-state index contributed by atoms with van der Waals surface area (Å²) < 4.78 is 32.0. The maximum atomic E-state index is 12.9. The summed E-state index contributed by atoms with van der Waals surface area (Å²) in [7, 11) is -0.557. The van der Waals surface area contributed by atoms with Gasteiger partial charge in [0.15, 0.2) is 0 Å². The van der Waals surface area contributed by atoms with Gasteiger partial charge in [-0.05, 0) is 60.0 Å². The van der Waals surface area contributed by atoms with Gasteiger partial charge in [-0.1, -0.05) is 30.3 Å². The molecular formula is C24H24N2O4S. The van der Waals surface area contributed by atoms with Gasteiger partial charge in [0.1, 0.15) is 5.75 Å². The van der Waals surface area contributed by atoms with Crippen molar-refractivity contribution in [1.29, 1.82) is 0 Å². The van der Waals surface area contributed by atoms with Gasteiger partial charge in [-0.25, -0.2) is 8.42 Å². The molecule has 0 unspecified atom stereocenters. The monoisotopic (exact) mass is 436 g/mol. The van der Waals surface area contributed by atoms with Crippen molar-refractivity contribution in [1.82, 2.24) is 4.31 Å². The standard InChI is InChI=1S/C24H24N2O4S/c1-25(31(28,29)22-13-11-21(30-2)12-14-22)17-18-7-9-20(10-8-18)24(27)26-16-15-19-5-3-4-6-23(19)26/h3-14H,15-17H2,1-2H3. The molecule has 0 aromatic heterocycles. The highest BCUT2D eigenvalue weighted by atomic mass is 32.2. The van der Waals surface area contributed by atoms with E-state index in [2.05, 4.69) is 0 Å². The number of ether oxygens (including phenoxy) is 1. The van der Waals surface area contributed by atoms with Crippen LogP contribution in [0.4, 0.5) is 5.69 Å². The fourth-order valence-corrected chi connectivity index (χ4v) is 4.89. The Kier molecular flexibility index (Phi) is 5.80. The Morgan fingerprint density at radius 2 is 1.68 bits per heavy atom. The van der Waals surface area contributed by atoms with Gasteiger partial charge < -0.3 is 9.64 Å². The number of hydrogen-bond donors (Lipinski definition) is 0. The van der Waals surface area contributed by atoms with Crippen molar-refractivity contribution < 1.29 is 17.9 Å². The minimum Gasteiger partial charge on any atom is -0.497 e. The van der Waals surface area contributed by atoms with Gasteiger partial charge >= 0.3 is 0 Å². The Labute approximate surface area is 182 Å². The molecule has 31 heavy (non-hydrogen) atoms. The lowest BCUT2D eigenvalue weighted by molar-refractivity contribution is 0.0989. The maximum Gasteiger partial charge on any atom is 0.258 e. The van der Waals surface area contributed by atoms with E-state index in [-0.39, 0.29) is 17.3 Å². The van der Waals surface area contributed by atoms with Crippen LogP contribution in [0.5, 0.6) is 5.75 Å². The van der Waals surface area contributed by atoms with E-state index >= 15 is 0 Å². The molecule has 0 radical (unpaired) electrons. The van der Waals surface area contributed by atoms with Crippen LogP contribution in [0.25, 0.3) is 0 Å². The van der Waals surface area contributed by atoms with E-state index in [0.29, 0.717) is 17.9 Å². The van der Waals surface area contributed by atoms with Crippen LogP contribution >= 0.6 is 0 Å². The van der Waals surface area contributed by atoms with Crippen LogP contribution in [-0.4, -0.2) is 39.3 Å². The van der Waals surface area contributed by atoms with Crippen LogP contribution in [0.2, 0.25) is 0 Å². The van der Waals surface area contributed by atoms with Crippen molar-refractivity contribution >= 4 is 21.6 Å². The summed E-state index contributed by atoms with van der Waals surface area (Å²) in [5.41, 5.74) is 3.53. The summed E-state index contributed by atoms with van der Waals surface area (Å²) in [5.74, 6) is 0.554. The highest BCUT2D eigenvalue weighted by Gasteiger charge is 2.25. The van der Waals surface area contributed by atoms with E-state index in [9.17, 15) is 13.2 Å². The summed E-state index contributed by atoms with van der Waals surface area (Å²) in [5, 5.41) is 0. The Morgan fingerprint density at radius 1 is 1.00 bits per heavy atom. The number of rotatable bonds is 6. The summed E-state index contributed by atoms with van der Waals surface area (Å²) in [6.07, 6.45) is 0.855. The van der Waals surface area contributed by atoms with Crippen LogP contribution in [0.15, 0.2) is 77.7 Å². The van der Waals surface area contributed by atoms with Crippen molar-refractivity contribution in [2.24, 2.45) is 0 Å². The topological polar surface area (TPSA) is 66.9 Å². The molecule has 3 aromatic carbocycles. The summed E-state index contributed by atoms with van der Waals surface area (Å²) in [4.78, 5) is 14.9. The van der Waals surface area contributed by atoms with E-state index in [1.807, 2.05) is 24.3 Å². The van der Waals surface area contributed by atoms with Crippen LogP contribution < -0.4 is 9.64 Å². The number of methoxy groups -OCH3 is 1. The van der Waals surface area contributed by atoms with Gasteiger partial charge in [-0.15, -0.1) is 0 Å². The highest BCUT2D eigenvalue weighted by molar-refractivity contribution is 7.89. The lowest BCUT2D eigenvalue weighted by atomic mass is 10.1. The largest absolute Gasteiger partial charge is 0.497 e. The first kappa shape index (κ1) is 21.1. The number of sulfonamides is 1. The number of hydrogen-bond acceptors (Lipinski definition) is 4. The van der Waals surface area contributed by atoms with Crippen molar-refractivity contribution in [3.05, 3.63) is 89.5 Å². The minimum absolute atomic E-state index is 0.0456. The fourth-order valence-electron chi connectivity index (χ4n) is 3.73. The normalized spacial score (nSPS) is 13.3. The lowest BCUT2D eigenvalue weighted by Gasteiger charge is -2.19. The van der Waals surface area contributed by atoms with E-state index in [4.69, 9.17) is 4.74 Å². The van der Waals surface area contributed by atoms with Crippen LogP contribution in [-0.2, 0) is 23.0 Å². The molecule has 0 atom stereocenters. The third-order valence-electron chi connectivity index (χ3n) is 5.51. The molecule has 1 aliphatic heterocycles. The average molecular weight is 437 g/mol. The fraction of sp³-hybridized carbons (Fsp3) is 0.208. The Balaban J connectivity index is 1.46. The quantitative estimate of drug-likeness (QED) is 0.591. The zero-order valence-corrected chi connectivity index (χ0v) is 18.3. The Bertz CT molecular complexity index is 1190. The van der Waals surface area contributed by atoms with Gasteiger partial charge in [-0.3, -0.25) is 4.79 Å². The molecule has 7 heteroatoms. The maximum absolute atomic E-state index is 12.9. The molecule has 0 spiro atoms. The molecule has 160 valence electrons. The number of carbonyl (C=O) groups is 1. The molecule has 3 aromatic rings. The second-order valence-electron chi connectivity index (χ2n) is 7.47. The minimum atomic E-state index is -3.63. The molecule has 1 heterocycles. The second kappa shape index (κ2) is 8.53. The average Bonchev–Trinajstić information content (AvgIpc) is 3.23. The molecule has 0 bridgehead atoms. The molecule has 0 aliphatic carbocycles. The second-order valence-corrected chi connectivity index (χ2v) is 9.51. The van der Waals surface area contributed by atoms with Crippen LogP contribution in [0.3, 0.4) is 0 Å². The van der Waals surface area contributed by atoms with Gasteiger partial charge in [0.2, 0.25) is 10.0 Å². The van der Waals surface area contributed by atoms with Crippen molar-refractivity contribution in [3.63, 3.8) is 0 Å². The number of para-hydroxylation sites is 1. The van der Waals surface area contributed by atoms with E-state index in [1.54, 1.807) is 48.3 Å². The Morgan fingerprint density at radius 3 is 2.35 bits per heavy atom. The summed E-state index contributed by atoms with van der Waals surface area (Å²) in [6, 6.07) is 21.3. The zero-order valence-electron chi connectivity index (χ0n) is 17.5. The smallest absolute Gasteiger partial charge is 0.258 e. The van der Waals surface area contributed by atoms with Gasteiger partial charge in [0.05, 0.1) is 12.0 Å². The van der Waals surface area contributed by atoms with Gasteiger partial charge in [0, 0.05) is 31.4 Å². The molecule has 6 nitrogen and oxygen atoms in total. The molecule has 4 rings (SSSR count). The molecule has 0 saturated carbocycles. The third kappa shape index (κ3) is 4.19. The number of nitrogens with zero attached hydrogens (tertiary/aromatic N) is 2. The molecule has 0 saturated heterocycles. The summed E-state index contributed by atoms with van der Waals surface area (Å²) >= 11 is 0. The number of amides is 1. The predicted octanol–water partition coefficient (Wildman–Crippen LogP) is 3.72. The first-order chi connectivity index (χ1) is 14.9. The molecular weight excluding hydrogens is 412 g/mol. The van der Waals surface area contributed by atoms with Gasteiger partial charge in [-0.2, -0.15) is 4.31 Å². The van der Waals surface area contributed by atoms with E-state index in [1.165, 1.54) is 29.1 Å². The van der Waals surface area contributed by atoms with Crippen molar-refractivity contribution in [3.8, 4) is 5.75 Å². The number of benzene rings is 3. The molecule has 0 N–H and O–H groups in total. The SMILES string of the molecule is COc1ccc(S(=O)(=O)N(C)Cc2ccc(C(=O)N3CCc4ccccc43)cc2)cc1.